The first-order chi connectivity index (χ1) is 11.6. The predicted molar refractivity (Wildman–Crippen MR) is 85.6 cm³/mol. The monoisotopic (exact) mass is 348 g/mol. The Kier molecular flexibility index (Phi) is 4.61. The van der Waals surface area contributed by atoms with Gasteiger partial charge in [0.15, 0.2) is 0 Å². The van der Waals surface area contributed by atoms with Gasteiger partial charge >= 0.3 is 11.9 Å². The number of benzene rings is 1. The summed E-state index contributed by atoms with van der Waals surface area (Å²) in [6.07, 6.45) is 2.60. The van der Waals surface area contributed by atoms with Crippen molar-refractivity contribution in [2.75, 3.05) is 6.61 Å². The Bertz CT molecular complexity index is 882. The summed E-state index contributed by atoms with van der Waals surface area (Å²) >= 11 is 1.11. The van der Waals surface area contributed by atoms with Gasteiger partial charge in [0.25, 0.3) is 0 Å². The quantitative estimate of drug-likeness (QED) is 0.648. The van der Waals surface area contributed by atoms with Crippen LogP contribution in [0.5, 0.6) is 0 Å². The summed E-state index contributed by atoms with van der Waals surface area (Å²) in [6.45, 7) is 1.65. The van der Waals surface area contributed by atoms with Crippen molar-refractivity contribution in [3.8, 4) is 0 Å². The summed E-state index contributed by atoms with van der Waals surface area (Å²) in [4.78, 5) is 24.3. The molecule has 0 bridgehead atoms. The number of ether oxygens (including phenoxy) is 2. The number of furan rings is 1. The number of thiophene rings is 1. The molecule has 2 heterocycles. The lowest BCUT2D eigenvalue weighted by Gasteiger charge is -2.06. The lowest BCUT2D eigenvalue weighted by atomic mass is 10.1. The highest BCUT2D eigenvalue weighted by Gasteiger charge is 2.23. The Morgan fingerprint density at radius 3 is 2.75 bits per heavy atom. The number of hydrogen-bond donors (Lipinski definition) is 0. The van der Waals surface area contributed by atoms with E-state index in [9.17, 15) is 14.0 Å². The third-order valence-electron chi connectivity index (χ3n) is 3.33. The van der Waals surface area contributed by atoms with Crippen molar-refractivity contribution in [3.63, 3.8) is 0 Å². The molecule has 1 aromatic carbocycles. The van der Waals surface area contributed by atoms with Crippen LogP contribution in [-0.4, -0.2) is 18.5 Å². The Balaban J connectivity index is 1.96. The van der Waals surface area contributed by atoms with E-state index < -0.39 is 17.8 Å². The molecule has 2 aromatic heterocycles. The molecule has 5 nitrogen and oxygen atoms in total. The molecule has 0 aliphatic rings. The lowest BCUT2D eigenvalue weighted by molar-refractivity contribution is 0.0453. The zero-order valence-electron chi connectivity index (χ0n) is 12.7. The SMILES string of the molecule is CCOC(=O)c1sc2cccc(F)c2c1COC(=O)c1ccoc1. The van der Waals surface area contributed by atoms with Gasteiger partial charge in [-0.05, 0) is 25.1 Å². The number of esters is 2. The van der Waals surface area contributed by atoms with Crippen molar-refractivity contribution < 1.29 is 27.9 Å². The fourth-order valence-corrected chi connectivity index (χ4v) is 3.38. The van der Waals surface area contributed by atoms with E-state index in [1.807, 2.05) is 0 Å². The molecule has 0 radical (unpaired) electrons. The number of rotatable bonds is 5. The first-order valence-electron chi connectivity index (χ1n) is 7.18. The maximum atomic E-state index is 14.2. The minimum Gasteiger partial charge on any atom is -0.472 e. The zero-order chi connectivity index (χ0) is 17.1. The van der Waals surface area contributed by atoms with Gasteiger partial charge in [-0.3, -0.25) is 0 Å². The number of carbonyl (C=O) groups excluding carboxylic acids is 2. The average molecular weight is 348 g/mol. The van der Waals surface area contributed by atoms with Crippen LogP contribution >= 0.6 is 11.3 Å². The van der Waals surface area contributed by atoms with E-state index in [1.54, 1.807) is 19.1 Å². The van der Waals surface area contributed by atoms with Gasteiger partial charge in [0.1, 0.15) is 23.6 Å². The molecule has 0 fully saturated rings. The van der Waals surface area contributed by atoms with Crippen LogP contribution in [-0.2, 0) is 16.1 Å². The maximum Gasteiger partial charge on any atom is 0.348 e. The predicted octanol–water partition coefficient (Wildman–Crippen LogP) is 4.17. The fourth-order valence-electron chi connectivity index (χ4n) is 2.27. The van der Waals surface area contributed by atoms with Crippen LogP contribution in [0.15, 0.2) is 41.2 Å². The topological polar surface area (TPSA) is 65.7 Å². The summed E-state index contributed by atoms with van der Waals surface area (Å²) in [6, 6.07) is 6.02. The van der Waals surface area contributed by atoms with E-state index in [2.05, 4.69) is 0 Å². The van der Waals surface area contributed by atoms with Crippen LogP contribution in [0.1, 0.15) is 32.5 Å². The van der Waals surface area contributed by atoms with Crippen LogP contribution in [0.25, 0.3) is 10.1 Å². The highest BCUT2D eigenvalue weighted by atomic mass is 32.1. The van der Waals surface area contributed by atoms with Crippen molar-refractivity contribution >= 4 is 33.4 Å². The molecule has 7 heteroatoms. The minimum atomic E-state index is -0.616. The summed E-state index contributed by atoms with van der Waals surface area (Å²) in [5.74, 6) is -1.66. The van der Waals surface area contributed by atoms with Crippen molar-refractivity contribution in [2.45, 2.75) is 13.5 Å². The first kappa shape index (κ1) is 16.2. The summed E-state index contributed by atoms with van der Waals surface area (Å²) < 4.78 is 29.8. The van der Waals surface area contributed by atoms with Crippen LogP contribution in [0.4, 0.5) is 4.39 Å². The van der Waals surface area contributed by atoms with Gasteiger partial charge in [-0.1, -0.05) is 6.07 Å². The molecular formula is C17H13FO5S. The zero-order valence-corrected chi connectivity index (χ0v) is 13.5. The van der Waals surface area contributed by atoms with Gasteiger partial charge in [-0.25, -0.2) is 14.0 Å². The van der Waals surface area contributed by atoms with Gasteiger partial charge in [0, 0.05) is 15.6 Å². The smallest absolute Gasteiger partial charge is 0.348 e. The van der Waals surface area contributed by atoms with Gasteiger partial charge in [-0.2, -0.15) is 0 Å². The second-order valence-corrected chi connectivity index (χ2v) is 5.88. The largest absolute Gasteiger partial charge is 0.472 e. The van der Waals surface area contributed by atoms with Gasteiger partial charge < -0.3 is 13.9 Å². The third kappa shape index (κ3) is 3.03. The number of halogens is 1. The number of fused-ring (bicyclic) bond motifs is 1. The molecule has 0 aliphatic heterocycles. The van der Waals surface area contributed by atoms with Gasteiger partial charge in [0.05, 0.1) is 18.4 Å². The third-order valence-corrected chi connectivity index (χ3v) is 4.51. The Morgan fingerprint density at radius 2 is 2.04 bits per heavy atom. The number of carbonyl (C=O) groups is 2. The van der Waals surface area contributed by atoms with Crippen molar-refractivity contribution in [3.05, 3.63) is 58.6 Å². The number of hydrogen-bond acceptors (Lipinski definition) is 6. The molecule has 0 saturated heterocycles. The lowest BCUT2D eigenvalue weighted by Crippen LogP contribution is -2.09. The van der Waals surface area contributed by atoms with E-state index in [4.69, 9.17) is 13.9 Å². The molecule has 124 valence electrons. The molecule has 24 heavy (non-hydrogen) atoms. The molecular weight excluding hydrogens is 335 g/mol. The van der Waals surface area contributed by atoms with E-state index in [-0.39, 0.29) is 29.0 Å². The Labute approximate surface area is 140 Å². The average Bonchev–Trinajstić information content (AvgIpc) is 3.21. The Morgan fingerprint density at radius 1 is 1.21 bits per heavy atom. The van der Waals surface area contributed by atoms with Crippen LogP contribution < -0.4 is 0 Å². The molecule has 0 unspecified atom stereocenters. The summed E-state index contributed by atoms with van der Waals surface area (Å²) in [7, 11) is 0. The molecule has 0 atom stereocenters. The molecule has 3 rings (SSSR count). The molecule has 0 N–H and O–H groups in total. The second kappa shape index (κ2) is 6.84. The Hall–Kier alpha value is -2.67. The fraction of sp³-hybridized carbons (Fsp3) is 0.176. The minimum absolute atomic E-state index is 0.198. The normalized spacial score (nSPS) is 10.8. The van der Waals surface area contributed by atoms with Crippen molar-refractivity contribution in [1.82, 2.24) is 0 Å². The highest BCUT2D eigenvalue weighted by Crippen LogP contribution is 2.34. The van der Waals surface area contributed by atoms with Crippen molar-refractivity contribution in [1.29, 1.82) is 0 Å². The molecule has 0 aliphatic carbocycles. The van der Waals surface area contributed by atoms with Crippen molar-refractivity contribution in [2.24, 2.45) is 0 Å². The standard InChI is InChI=1S/C17H13FO5S/c1-2-22-17(20)15-11(9-23-16(19)10-6-7-21-8-10)14-12(18)4-3-5-13(14)24-15/h3-8H,2,9H2,1H3. The molecule has 0 amide bonds. The van der Waals surface area contributed by atoms with E-state index in [0.29, 0.717) is 10.3 Å². The maximum absolute atomic E-state index is 14.2. The van der Waals surface area contributed by atoms with E-state index in [1.165, 1.54) is 24.7 Å². The molecule has 0 saturated carbocycles. The van der Waals surface area contributed by atoms with Crippen LogP contribution in [0.3, 0.4) is 0 Å². The summed E-state index contributed by atoms with van der Waals surface area (Å²) in [5.41, 5.74) is 0.552. The summed E-state index contributed by atoms with van der Waals surface area (Å²) in [5, 5.41) is 0.269. The van der Waals surface area contributed by atoms with Gasteiger partial charge in [0.2, 0.25) is 0 Å². The highest BCUT2D eigenvalue weighted by molar-refractivity contribution is 7.21. The second-order valence-electron chi connectivity index (χ2n) is 4.83. The van der Waals surface area contributed by atoms with E-state index in [0.717, 1.165) is 11.3 Å². The van der Waals surface area contributed by atoms with E-state index >= 15 is 0 Å². The first-order valence-corrected chi connectivity index (χ1v) is 7.99. The van der Waals surface area contributed by atoms with Gasteiger partial charge in [-0.15, -0.1) is 11.3 Å². The van der Waals surface area contributed by atoms with Crippen LogP contribution in [0, 0.1) is 5.82 Å². The molecule has 0 spiro atoms. The van der Waals surface area contributed by atoms with Crippen LogP contribution in [0.2, 0.25) is 0 Å². The molecule has 3 aromatic rings.